The number of hydrazone groups is 1. The summed E-state index contributed by atoms with van der Waals surface area (Å²) in [6.45, 7) is 1.74. The monoisotopic (exact) mass is 400 g/mol. The van der Waals surface area contributed by atoms with E-state index >= 15 is 0 Å². The number of aryl methyl sites for hydroxylation is 2. The Morgan fingerprint density at radius 1 is 1.17 bits per heavy atom. The van der Waals surface area contributed by atoms with Gasteiger partial charge in [-0.05, 0) is 42.8 Å². The summed E-state index contributed by atoms with van der Waals surface area (Å²) in [5, 5.41) is 4.41. The highest BCUT2D eigenvalue weighted by Gasteiger charge is 2.44. The van der Waals surface area contributed by atoms with E-state index < -0.39 is 17.4 Å². The van der Waals surface area contributed by atoms with Gasteiger partial charge in [0.15, 0.2) is 11.5 Å². The Kier molecular flexibility index (Phi) is 4.37. The summed E-state index contributed by atoms with van der Waals surface area (Å²) in [7, 11) is 1.67. The van der Waals surface area contributed by atoms with Crippen LogP contribution in [-0.2, 0) is 25.3 Å². The predicted molar refractivity (Wildman–Crippen MR) is 104 cm³/mol. The molecule has 2 aliphatic heterocycles. The minimum atomic E-state index is -4.38. The van der Waals surface area contributed by atoms with Crippen molar-refractivity contribution in [2.45, 2.75) is 25.2 Å². The van der Waals surface area contributed by atoms with Crippen molar-refractivity contribution in [1.29, 1.82) is 0 Å². The zero-order valence-corrected chi connectivity index (χ0v) is 15.9. The number of aromatic nitrogens is 1. The van der Waals surface area contributed by atoms with E-state index in [1.54, 1.807) is 26.2 Å². The van der Waals surface area contributed by atoms with Gasteiger partial charge in [0.2, 0.25) is 0 Å². The highest BCUT2D eigenvalue weighted by atomic mass is 19.4. The van der Waals surface area contributed by atoms with Gasteiger partial charge in [0.25, 0.3) is 5.56 Å². The number of allylic oxidation sites excluding steroid dienone is 2. The molecule has 3 heterocycles. The summed E-state index contributed by atoms with van der Waals surface area (Å²) in [5.41, 5.74) is 3.57. The van der Waals surface area contributed by atoms with E-state index in [2.05, 4.69) is 10.5 Å². The second-order valence-electron chi connectivity index (χ2n) is 7.21. The number of hydrogen-bond acceptors (Lipinski definition) is 4. The molecule has 0 fully saturated rings. The molecule has 2 aliphatic rings. The van der Waals surface area contributed by atoms with Crippen LogP contribution in [0.25, 0.3) is 0 Å². The highest BCUT2D eigenvalue weighted by Crippen LogP contribution is 2.36. The smallest absolute Gasteiger partial charge is 0.318 e. The van der Waals surface area contributed by atoms with Crippen LogP contribution in [-0.4, -0.2) is 15.3 Å². The van der Waals surface area contributed by atoms with Crippen LogP contribution in [0, 0.1) is 6.92 Å². The van der Waals surface area contributed by atoms with E-state index in [-0.39, 0.29) is 5.56 Å². The van der Waals surface area contributed by atoms with Crippen molar-refractivity contribution in [2.24, 2.45) is 12.1 Å². The van der Waals surface area contributed by atoms with Crippen LogP contribution in [0.3, 0.4) is 0 Å². The van der Waals surface area contributed by atoms with Crippen LogP contribution in [0.4, 0.5) is 13.2 Å². The molecule has 1 aromatic carbocycles. The lowest BCUT2D eigenvalue weighted by molar-refractivity contribution is -0.137. The molecule has 29 heavy (non-hydrogen) atoms. The van der Waals surface area contributed by atoms with Gasteiger partial charge in [-0.25, -0.2) is 0 Å². The standard InChI is InChI=1S/C21H19F3N4O/c1-14-11-17(13-27(2)19(14)29)20(26-25-18-5-3-4-10-28(18)20)12-15-6-8-16(9-7-15)21(22,23)24/h3-11,13,26H,12H2,1-2H3. The van der Waals surface area contributed by atoms with E-state index in [9.17, 15) is 18.0 Å². The van der Waals surface area contributed by atoms with E-state index in [0.29, 0.717) is 23.4 Å². The van der Waals surface area contributed by atoms with Gasteiger partial charge in [-0.15, -0.1) is 0 Å². The van der Waals surface area contributed by atoms with Crippen molar-refractivity contribution < 1.29 is 13.2 Å². The molecular weight excluding hydrogens is 381 g/mol. The molecule has 1 N–H and O–H groups in total. The quantitative estimate of drug-likeness (QED) is 0.859. The maximum atomic E-state index is 12.9. The Morgan fingerprint density at radius 2 is 1.90 bits per heavy atom. The topological polar surface area (TPSA) is 49.6 Å². The number of nitrogens with zero attached hydrogens (tertiary/aromatic N) is 3. The van der Waals surface area contributed by atoms with E-state index in [1.165, 1.54) is 16.7 Å². The third-order valence-corrected chi connectivity index (χ3v) is 5.19. The molecule has 1 unspecified atom stereocenters. The number of halogens is 3. The summed E-state index contributed by atoms with van der Waals surface area (Å²) < 4.78 is 40.3. The Morgan fingerprint density at radius 3 is 2.55 bits per heavy atom. The maximum absolute atomic E-state index is 12.9. The maximum Gasteiger partial charge on any atom is 0.416 e. The second-order valence-corrected chi connectivity index (χ2v) is 7.21. The lowest BCUT2D eigenvalue weighted by Crippen LogP contribution is -2.51. The van der Waals surface area contributed by atoms with Gasteiger partial charge in [-0.2, -0.15) is 18.3 Å². The molecule has 0 radical (unpaired) electrons. The van der Waals surface area contributed by atoms with Crippen molar-refractivity contribution in [2.75, 3.05) is 0 Å². The van der Waals surface area contributed by atoms with E-state index in [1.807, 2.05) is 29.3 Å². The molecule has 0 aliphatic carbocycles. The SMILES string of the molecule is Cc1cc(C2(Cc3ccc(C(F)(F)F)cc3)NN=C3C=CC=CN32)cn(C)c1=O. The minimum Gasteiger partial charge on any atom is -0.318 e. The van der Waals surface area contributed by atoms with Gasteiger partial charge < -0.3 is 9.47 Å². The van der Waals surface area contributed by atoms with Crippen molar-refractivity contribution in [3.8, 4) is 0 Å². The fourth-order valence-corrected chi connectivity index (χ4v) is 3.69. The molecule has 150 valence electrons. The summed E-state index contributed by atoms with van der Waals surface area (Å²) in [6, 6.07) is 6.91. The first-order valence-corrected chi connectivity index (χ1v) is 9.04. The number of amidine groups is 1. The normalized spacial score (nSPS) is 20.4. The van der Waals surface area contributed by atoms with Gasteiger partial charge in [0.05, 0.1) is 5.56 Å². The van der Waals surface area contributed by atoms with Crippen LogP contribution in [0.5, 0.6) is 0 Å². The summed E-state index contributed by atoms with van der Waals surface area (Å²) >= 11 is 0. The third-order valence-electron chi connectivity index (χ3n) is 5.19. The van der Waals surface area contributed by atoms with Crippen LogP contribution in [0.2, 0.25) is 0 Å². The summed E-state index contributed by atoms with van der Waals surface area (Å²) in [4.78, 5) is 14.1. The fourth-order valence-electron chi connectivity index (χ4n) is 3.69. The molecule has 1 aromatic heterocycles. The Balaban J connectivity index is 1.79. The fraction of sp³-hybridized carbons (Fsp3) is 0.238. The number of fused-ring (bicyclic) bond motifs is 1. The lowest BCUT2D eigenvalue weighted by Gasteiger charge is -2.39. The molecule has 0 spiro atoms. The van der Waals surface area contributed by atoms with Gasteiger partial charge in [0.1, 0.15) is 0 Å². The number of alkyl halides is 3. The molecule has 0 saturated heterocycles. The molecule has 0 bridgehead atoms. The zero-order valence-electron chi connectivity index (χ0n) is 15.9. The second kappa shape index (κ2) is 6.65. The van der Waals surface area contributed by atoms with Gasteiger partial charge >= 0.3 is 6.18 Å². The van der Waals surface area contributed by atoms with Crippen LogP contribution in [0.1, 0.15) is 22.3 Å². The molecule has 2 aromatic rings. The first-order chi connectivity index (χ1) is 13.7. The largest absolute Gasteiger partial charge is 0.416 e. The van der Waals surface area contributed by atoms with Crippen LogP contribution < -0.4 is 11.0 Å². The molecular formula is C21H19F3N4O. The van der Waals surface area contributed by atoms with E-state index in [4.69, 9.17) is 0 Å². The van der Waals surface area contributed by atoms with Gasteiger partial charge in [-0.1, -0.05) is 18.2 Å². The van der Waals surface area contributed by atoms with Gasteiger partial charge in [-0.3, -0.25) is 10.2 Å². The molecule has 0 saturated carbocycles. The van der Waals surface area contributed by atoms with Crippen molar-refractivity contribution >= 4 is 5.84 Å². The molecule has 8 heteroatoms. The van der Waals surface area contributed by atoms with Crippen molar-refractivity contribution in [3.63, 3.8) is 0 Å². The number of pyridine rings is 1. The average Bonchev–Trinajstić information content (AvgIpc) is 3.05. The summed E-state index contributed by atoms with van der Waals surface area (Å²) in [6.07, 6.45) is 5.12. The Bertz CT molecular complexity index is 1070. The predicted octanol–water partition coefficient (Wildman–Crippen LogP) is 3.41. The molecule has 0 amide bonds. The molecule has 1 atom stereocenters. The first-order valence-electron chi connectivity index (χ1n) is 9.04. The molecule has 5 nitrogen and oxygen atoms in total. The Labute approximate surface area is 165 Å². The summed E-state index contributed by atoms with van der Waals surface area (Å²) in [5.74, 6) is 0.686. The molecule has 4 rings (SSSR count). The number of hydrogen-bond donors (Lipinski definition) is 1. The number of nitrogens with one attached hydrogen (secondary N) is 1. The van der Waals surface area contributed by atoms with Crippen molar-refractivity contribution in [3.05, 3.63) is 93.6 Å². The van der Waals surface area contributed by atoms with Crippen molar-refractivity contribution in [1.82, 2.24) is 14.9 Å². The average molecular weight is 400 g/mol. The Hall–Kier alpha value is -3.29. The zero-order chi connectivity index (χ0) is 20.8. The number of benzene rings is 1. The first kappa shape index (κ1) is 19.0. The minimum absolute atomic E-state index is 0.105. The lowest BCUT2D eigenvalue weighted by atomic mass is 9.90. The number of rotatable bonds is 3. The van der Waals surface area contributed by atoms with Crippen LogP contribution in [0.15, 0.2) is 70.9 Å². The van der Waals surface area contributed by atoms with Gasteiger partial charge in [0, 0.05) is 37.0 Å². The van der Waals surface area contributed by atoms with Crippen LogP contribution >= 0.6 is 0 Å². The van der Waals surface area contributed by atoms with E-state index in [0.717, 1.165) is 17.7 Å². The third kappa shape index (κ3) is 3.24. The highest BCUT2D eigenvalue weighted by molar-refractivity contribution is 5.96.